The number of ether oxygens (including phenoxy) is 1. The summed E-state index contributed by atoms with van der Waals surface area (Å²) in [6.07, 6.45) is 4.44. The van der Waals surface area contributed by atoms with Crippen LogP contribution in [0.15, 0.2) is 17.8 Å². The zero-order valence-electron chi connectivity index (χ0n) is 12.1. The smallest absolute Gasteiger partial charge is 0.161 e. The molecule has 2 atom stereocenters. The topological polar surface area (TPSA) is 129 Å². The maximum Gasteiger partial charge on any atom is 0.161 e. The zero-order chi connectivity index (χ0) is 15.7. The van der Waals surface area contributed by atoms with Crippen molar-refractivity contribution < 1.29 is 13.8 Å². The number of hydrogen-bond acceptors (Lipinski definition) is 9. The molecule has 0 aliphatic carbocycles. The number of aromatic nitrogens is 2. The van der Waals surface area contributed by atoms with Crippen molar-refractivity contribution in [1.29, 1.82) is 0 Å². The van der Waals surface area contributed by atoms with E-state index in [1.165, 1.54) is 18.8 Å². The lowest BCUT2D eigenvalue weighted by atomic mass is 10.2. The van der Waals surface area contributed by atoms with Crippen LogP contribution in [0.25, 0.3) is 0 Å². The highest BCUT2D eigenvalue weighted by molar-refractivity contribution is 8.25. The van der Waals surface area contributed by atoms with E-state index in [1.54, 1.807) is 6.08 Å². The number of nitrogens with one attached hydrogen (secondary N) is 2. The molecule has 0 aromatic carbocycles. The second-order valence-corrected chi connectivity index (χ2v) is 6.96. The van der Waals surface area contributed by atoms with Crippen LogP contribution in [-0.4, -0.2) is 45.1 Å². The Hall–Kier alpha value is -1.59. The summed E-state index contributed by atoms with van der Waals surface area (Å²) in [5.74, 6) is 1.16. The number of nitrogen functional groups attached to an aromatic ring is 1. The van der Waals surface area contributed by atoms with Gasteiger partial charge in [-0.25, -0.2) is 14.7 Å². The molecule has 1 fully saturated rings. The summed E-state index contributed by atoms with van der Waals surface area (Å²) in [5, 5.41) is 4.53. The minimum Gasteiger partial charge on any atom is -0.382 e. The summed E-state index contributed by atoms with van der Waals surface area (Å²) in [6.45, 7) is 0.561. The fourth-order valence-electron chi connectivity index (χ4n) is 2.53. The van der Waals surface area contributed by atoms with E-state index in [2.05, 4.69) is 20.0 Å². The minimum atomic E-state index is -2.87. The molecule has 122 valence electrons. The van der Waals surface area contributed by atoms with Gasteiger partial charge in [0.25, 0.3) is 0 Å². The third kappa shape index (κ3) is 2.96. The summed E-state index contributed by atoms with van der Waals surface area (Å²) in [4.78, 5) is 10.2. The van der Waals surface area contributed by atoms with Crippen LogP contribution in [0.5, 0.6) is 0 Å². The van der Waals surface area contributed by atoms with E-state index < -0.39 is 10.8 Å². The van der Waals surface area contributed by atoms with Crippen molar-refractivity contribution in [3.63, 3.8) is 0 Å². The molecule has 0 bridgehead atoms. The minimum absolute atomic E-state index is 0.130. The van der Waals surface area contributed by atoms with Crippen LogP contribution < -0.4 is 20.7 Å². The molecule has 1 aromatic heterocycles. The summed E-state index contributed by atoms with van der Waals surface area (Å²) >= 11 is 0. The predicted molar refractivity (Wildman–Crippen MR) is 86.4 cm³/mol. The van der Waals surface area contributed by atoms with E-state index in [0.29, 0.717) is 12.5 Å². The first-order valence-electron chi connectivity index (χ1n) is 6.91. The van der Waals surface area contributed by atoms with E-state index >= 15 is 0 Å². The molecule has 0 radical (unpaired) electrons. The number of anilines is 3. The highest BCUT2D eigenvalue weighted by Crippen LogP contribution is 2.38. The lowest BCUT2D eigenvalue weighted by Crippen LogP contribution is -2.35. The Morgan fingerprint density at radius 1 is 1.50 bits per heavy atom. The Balaban J connectivity index is 1.67. The summed E-state index contributed by atoms with van der Waals surface area (Å²) in [5.41, 5.74) is 6.55. The second kappa shape index (κ2) is 5.89. The van der Waals surface area contributed by atoms with Gasteiger partial charge >= 0.3 is 0 Å². The maximum absolute atomic E-state index is 9.56. The Kier molecular flexibility index (Phi) is 4.10. The average molecular weight is 328 g/mol. The fourth-order valence-corrected chi connectivity index (χ4v) is 3.07. The molecule has 22 heavy (non-hydrogen) atoms. The molecule has 1 saturated heterocycles. The third-order valence-electron chi connectivity index (χ3n) is 3.72. The summed E-state index contributed by atoms with van der Waals surface area (Å²) in [7, 11) is -1.38. The molecule has 3 rings (SSSR count). The standard InChI is InChI=1S/C12H20N6O3S/c1-14-22(19,20)5-4-8-2-3-9(21-8)18-7-17-10-11(13)15-6-16-12(10)18/h4-6,8-9,14,17,19-20H,2-3,7H2,1H3,(H2,13,15,16)/b5-4+. The van der Waals surface area contributed by atoms with E-state index in [1.807, 2.05) is 4.90 Å². The molecule has 0 saturated carbocycles. The molecule has 10 heteroatoms. The number of nitrogens with zero attached hydrogens (tertiary/aromatic N) is 3. The van der Waals surface area contributed by atoms with Crippen molar-refractivity contribution in [2.75, 3.05) is 29.7 Å². The first-order valence-corrected chi connectivity index (χ1v) is 8.52. The van der Waals surface area contributed by atoms with Gasteiger partial charge in [-0.05, 0) is 18.9 Å². The van der Waals surface area contributed by atoms with Gasteiger partial charge in [-0.2, -0.15) is 0 Å². The molecule has 2 unspecified atom stereocenters. The van der Waals surface area contributed by atoms with Gasteiger partial charge in [-0.3, -0.25) is 9.11 Å². The van der Waals surface area contributed by atoms with E-state index in [9.17, 15) is 9.11 Å². The van der Waals surface area contributed by atoms with Crippen LogP contribution in [0.2, 0.25) is 0 Å². The molecule has 3 heterocycles. The molecule has 1 aromatic rings. The highest BCUT2D eigenvalue weighted by atomic mass is 32.3. The molecular formula is C12H20N6O3S. The fraction of sp³-hybridized carbons (Fsp3) is 0.500. The van der Waals surface area contributed by atoms with Crippen molar-refractivity contribution in [3.8, 4) is 0 Å². The number of rotatable bonds is 4. The van der Waals surface area contributed by atoms with Crippen LogP contribution in [0, 0.1) is 0 Å². The van der Waals surface area contributed by atoms with Crippen molar-refractivity contribution in [2.24, 2.45) is 0 Å². The Labute approximate surface area is 130 Å². The SMILES string of the molecule is CNS(O)(O)/C=C/C1CCC(N2CNc3c(N)ncnc32)O1. The lowest BCUT2D eigenvalue weighted by Gasteiger charge is -2.27. The van der Waals surface area contributed by atoms with E-state index in [4.69, 9.17) is 10.5 Å². The first kappa shape index (κ1) is 15.3. The quantitative estimate of drug-likeness (QED) is 0.552. The van der Waals surface area contributed by atoms with Gasteiger partial charge in [0.2, 0.25) is 0 Å². The lowest BCUT2D eigenvalue weighted by molar-refractivity contribution is 0.0700. The monoisotopic (exact) mass is 328 g/mol. The third-order valence-corrected chi connectivity index (χ3v) is 4.85. The van der Waals surface area contributed by atoms with E-state index in [-0.39, 0.29) is 12.3 Å². The van der Waals surface area contributed by atoms with Crippen LogP contribution in [0.4, 0.5) is 17.3 Å². The number of nitrogens with two attached hydrogens (primary N) is 1. The van der Waals surface area contributed by atoms with Gasteiger partial charge in [0.15, 0.2) is 11.6 Å². The molecule has 0 amide bonds. The molecule has 6 N–H and O–H groups in total. The van der Waals surface area contributed by atoms with Crippen molar-refractivity contribution >= 4 is 28.1 Å². The van der Waals surface area contributed by atoms with Crippen LogP contribution in [0.3, 0.4) is 0 Å². The van der Waals surface area contributed by atoms with Crippen molar-refractivity contribution in [2.45, 2.75) is 25.2 Å². The predicted octanol–water partition coefficient (Wildman–Crippen LogP) is 1.15. The Morgan fingerprint density at radius 3 is 3.09 bits per heavy atom. The second-order valence-electron chi connectivity index (χ2n) is 5.09. The molecule has 2 aliphatic heterocycles. The van der Waals surface area contributed by atoms with Gasteiger partial charge < -0.3 is 20.7 Å². The van der Waals surface area contributed by atoms with Crippen molar-refractivity contribution in [1.82, 2.24) is 14.7 Å². The highest BCUT2D eigenvalue weighted by Gasteiger charge is 2.34. The first-order chi connectivity index (χ1) is 10.5. The molecule has 0 spiro atoms. The Morgan fingerprint density at radius 2 is 2.32 bits per heavy atom. The summed E-state index contributed by atoms with van der Waals surface area (Å²) in [6, 6.07) is 0. The van der Waals surface area contributed by atoms with Crippen LogP contribution in [0.1, 0.15) is 12.8 Å². The van der Waals surface area contributed by atoms with E-state index in [0.717, 1.165) is 24.3 Å². The van der Waals surface area contributed by atoms with Crippen molar-refractivity contribution in [3.05, 3.63) is 17.8 Å². The average Bonchev–Trinajstić information content (AvgIpc) is 3.12. The largest absolute Gasteiger partial charge is 0.382 e. The summed E-state index contributed by atoms with van der Waals surface area (Å²) < 4.78 is 27.5. The Bertz CT molecular complexity index is 584. The maximum atomic E-state index is 9.56. The zero-order valence-corrected chi connectivity index (χ0v) is 13.0. The molecule has 9 nitrogen and oxygen atoms in total. The molecular weight excluding hydrogens is 308 g/mol. The van der Waals surface area contributed by atoms with Gasteiger partial charge in [-0.15, -0.1) is 10.8 Å². The normalized spacial score (nSPS) is 25.5. The van der Waals surface area contributed by atoms with Gasteiger partial charge in [-0.1, -0.05) is 0 Å². The number of hydrogen-bond donors (Lipinski definition) is 5. The van der Waals surface area contributed by atoms with Gasteiger partial charge in [0.05, 0.1) is 12.8 Å². The van der Waals surface area contributed by atoms with Crippen LogP contribution in [-0.2, 0) is 4.74 Å². The molecule has 2 aliphatic rings. The number of fused-ring (bicyclic) bond motifs is 1. The van der Waals surface area contributed by atoms with Crippen LogP contribution >= 0.6 is 10.8 Å². The van der Waals surface area contributed by atoms with Gasteiger partial charge in [0.1, 0.15) is 18.2 Å². The van der Waals surface area contributed by atoms with Gasteiger partial charge in [0, 0.05) is 12.5 Å².